The molecule has 2 atom stereocenters. The molecule has 3 rings (SSSR count). The van der Waals surface area contributed by atoms with Gasteiger partial charge in [0.15, 0.2) is 10.9 Å². The summed E-state index contributed by atoms with van der Waals surface area (Å²) in [7, 11) is 1.84. The topological polar surface area (TPSA) is 60.7 Å². The smallest absolute Gasteiger partial charge is 0.158 e. The molecule has 1 N–H and O–H groups in total. The summed E-state index contributed by atoms with van der Waals surface area (Å²) >= 11 is 1.68. The second kappa shape index (κ2) is 9.50. The summed E-state index contributed by atoms with van der Waals surface area (Å²) in [5.41, 5.74) is 4.70. The Bertz CT molecular complexity index is 680. The van der Waals surface area contributed by atoms with Crippen LogP contribution in [0, 0.1) is 11.3 Å². The number of benzene rings is 1. The molecule has 1 aromatic rings. The molecular weight excluding hydrogens is 332 g/mol. The predicted octanol–water partition coefficient (Wildman–Crippen LogP) is 3.64. The van der Waals surface area contributed by atoms with Gasteiger partial charge in [-0.15, -0.1) is 5.48 Å². The van der Waals surface area contributed by atoms with Gasteiger partial charge in [-0.05, 0) is 37.3 Å². The number of nitrogens with one attached hydrogen (secondary N) is 1. The molecule has 1 saturated heterocycles. The lowest BCUT2D eigenvalue weighted by molar-refractivity contribution is 0.136. The Kier molecular flexibility index (Phi) is 7.35. The summed E-state index contributed by atoms with van der Waals surface area (Å²) in [6.07, 6.45) is 6.45. The number of rotatable bonds is 2. The molecule has 1 fully saturated rings. The molecule has 2 heterocycles. The van der Waals surface area contributed by atoms with Gasteiger partial charge < -0.3 is 9.74 Å². The van der Waals surface area contributed by atoms with Crippen molar-refractivity contribution in [2.24, 2.45) is 4.99 Å². The van der Waals surface area contributed by atoms with E-state index in [1.54, 1.807) is 17.8 Å². The average molecular weight is 359 g/mol. The first-order chi connectivity index (χ1) is 12.3. The van der Waals surface area contributed by atoms with Crippen molar-refractivity contribution in [2.75, 3.05) is 19.8 Å². The maximum Gasteiger partial charge on any atom is 0.158 e. The number of nitrogens with zero attached hydrogens (tertiary/aromatic N) is 3. The number of aliphatic imine (C=N–C) groups is 1. The highest BCUT2D eigenvalue weighted by atomic mass is 32.2. The lowest BCUT2D eigenvalue weighted by atomic mass is 10.0. The number of nitriles is 1. The molecule has 6 heteroatoms. The van der Waals surface area contributed by atoms with Crippen LogP contribution in [0.4, 0.5) is 0 Å². The molecule has 1 unspecified atom stereocenters. The number of hydrogen-bond donors (Lipinski definition) is 1. The quantitative estimate of drug-likeness (QED) is 0.646. The summed E-state index contributed by atoms with van der Waals surface area (Å²) in [6, 6.07) is 10.1. The predicted molar refractivity (Wildman–Crippen MR) is 105 cm³/mol. The Morgan fingerprint density at radius 2 is 2.24 bits per heavy atom. The van der Waals surface area contributed by atoms with Crippen molar-refractivity contribution in [2.45, 2.75) is 38.8 Å². The van der Waals surface area contributed by atoms with Gasteiger partial charge >= 0.3 is 0 Å². The van der Waals surface area contributed by atoms with Crippen LogP contribution in [-0.4, -0.2) is 42.0 Å². The SMILES string of the molecule is CC.CN=C(SC)N1CCC[C@@H]1C1C=C(c2cccc(C#N)c2)ON1. The summed E-state index contributed by atoms with van der Waals surface area (Å²) < 4.78 is 0. The third-order valence-corrected chi connectivity index (χ3v) is 5.03. The van der Waals surface area contributed by atoms with E-state index in [4.69, 9.17) is 10.1 Å². The van der Waals surface area contributed by atoms with Gasteiger partial charge in [0.05, 0.1) is 23.7 Å². The Morgan fingerprint density at radius 1 is 1.44 bits per heavy atom. The second-order valence-electron chi connectivity index (χ2n) is 5.58. The standard InChI is InChI=1S/C17H20N4OS.C2H6/c1-19-17(23-2)21-8-4-7-15(21)14-10-16(22-20-14)13-6-3-5-12(9-13)11-18;1-2/h3,5-6,9-10,14-15,20H,4,7-8H2,1-2H3;1-2H3/t14?,15-;/m1./s1. The van der Waals surface area contributed by atoms with E-state index < -0.39 is 0 Å². The summed E-state index contributed by atoms with van der Waals surface area (Å²) in [6.45, 7) is 5.03. The third kappa shape index (κ3) is 4.36. The minimum absolute atomic E-state index is 0.127. The Morgan fingerprint density at radius 3 is 2.92 bits per heavy atom. The fraction of sp³-hybridized carbons (Fsp3) is 0.474. The van der Waals surface area contributed by atoms with Crippen molar-refractivity contribution in [1.29, 1.82) is 5.26 Å². The largest absolute Gasteiger partial charge is 0.408 e. The summed E-state index contributed by atoms with van der Waals surface area (Å²) in [5.74, 6) is 0.790. The van der Waals surface area contributed by atoms with Crippen LogP contribution in [-0.2, 0) is 4.84 Å². The van der Waals surface area contributed by atoms with Crippen LogP contribution >= 0.6 is 11.8 Å². The Hall–Kier alpha value is -1.97. The highest BCUT2D eigenvalue weighted by Crippen LogP contribution is 2.29. The molecule has 2 aliphatic rings. The Balaban J connectivity index is 0.00000109. The van der Waals surface area contributed by atoms with E-state index in [0.29, 0.717) is 11.6 Å². The number of hydroxylamine groups is 1. The lowest BCUT2D eigenvalue weighted by Gasteiger charge is -2.29. The molecular formula is C19H26N4OS. The van der Waals surface area contributed by atoms with E-state index in [-0.39, 0.29) is 6.04 Å². The molecule has 0 aliphatic carbocycles. The normalized spacial score (nSPS) is 22.6. The number of amidine groups is 1. The number of hydrogen-bond acceptors (Lipinski definition) is 5. The molecule has 0 spiro atoms. The van der Waals surface area contributed by atoms with Crippen molar-refractivity contribution >= 4 is 22.7 Å². The van der Waals surface area contributed by atoms with E-state index in [1.165, 1.54) is 0 Å². The molecule has 0 aromatic heterocycles. The van der Waals surface area contributed by atoms with Gasteiger partial charge in [0.1, 0.15) is 0 Å². The molecule has 1 aromatic carbocycles. The lowest BCUT2D eigenvalue weighted by Crippen LogP contribution is -2.45. The zero-order valence-corrected chi connectivity index (χ0v) is 16.1. The van der Waals surface area contributed by atoms with E-state index in [9.17, 15) is 0 Å². The molecule has 5 nitrogen and oxygen atoms in total. The minimum atomic E-state index is 0.127. The number of likely N-dealkylation sites (tertiary alicyclic amines) is 1. The maximum atomic E-state index is 9.03. The molecule has 0 saturated carbocycles. The van der Waals surface area contributed by atoms with Gasteiger partial charge in [0.2, 0.25) is 0 Å². The van der Waals surface area contributed by atoms with Crippen LogP contribution in [0.2, 0.25) is 0 Å². The van der Waals surface area contributed by atoms with Crippen molar-refractivity contribution in [3.63, 3.8) is 0 Å². The van der Waals surface area contributed by atoms with E-state index in [0.717, 1.165) is 35.9 Å². The third-order valence-electron chi connectivity index (χ3n) is 4.25. The maximum absolute atomic E-state index is 9.03. The van der Waals surface area contributed by atoms with Crippen molar-refractivity contribution in [3.8, 4) is 6.07 Å². The first-order valence-electron chi connectivity index (χ1n) is 8.69. The van der Waals surface area contributed by atoms with Crippen LogP contribution in [0.15, 0.2) is 35.3 Å². The highest BCUT2D eigenvalue weighted by Gasteiger charge is 2.35. The average Bonchev–Trinajstić information content (AvgIpc) is 3.34. The first kappa shape index (κ1) is 19.4. The molecule has 0 bridgehead atoms. The fourth-order valence-electron chi connectivity index (χ4n) is 3.19. The van der Waals surface area contributed by atoms with Gasteiger partial charge in [-0.25, -0.2) is 0 Å². The summed E-state index contributed by atoms with van der Waals surface area (Å²) in [4.78, 5) is 12.4. The van der Waals surface area contributed by atoms with Crippen molar-refractivity contribution < 1.29 is 4.84 Å². The van der Waals surface area contributed by atoms with Crippen LogP contribution < -0.4 is 5.48 Å². The van der Waals surface area contributed by atoms with Crippen LogP contribution in [0.5, 0.6) is 0 Å². The van der Waals surface area contributed by atoms with Gasteiger partial charge in [-0.1, -0.05) is 37.7 Å². The first-order valence-corrected chi connectivity index (χ1v) is 9.91. The molecule has 2 aliphatic heterocycles. The zero-order chi connectivity index (χ0) is 18.2. The van der Waals surface area contributed by atoms with Crippen LogP contribution in [0.3, 0.4) is 0 Å². The molecule has 25 heavy (non-hydrogen) atoms. The minimum Gasteiger partial charge on any atom is -0.408 e. The number of thioether (sulfide) groups is 1. The van der Waals surface area contributed by atoms with Crippen molar-refractivity contribution in [3.05, 3.63) is 41.5 Å². The van der Waals surface area contributed by atoms with Crippen LogP contribution in [0.1, 0.15) is 37.8 Å². The molecule has 0 radical (unpaired) electrons. The van der Waals surface area contributed by atoms with Gasteiger partial charge in [0.25, 0.3) is 0 Å². The van der Waals surface area contributed by atoms with Crippen molar-refractivity contribution in [1.82, 2.24) is 10.4 Å². The summed E-state index contributed by atoms with van der Waals surface area (Å²) in [5, 5.41) is 10.1. The second-order valence-corrected chi connectivity index (χ2v) is 6.36. The van der Waals surface area contributed by atoms with Gasteiger partial charge in [0, 0.05) is 19.2 Å². The van der Waals surface area contributed by atoms with Crippen LogP contribution in [0.25, 0.3) is 5.76 Å². The van der Waals surface area contributed by atoms with E-state index >= 15 is 0 Å². The highest BCUT2D eigenvalue weighted by molar-refractivity contribution is 8.13. The monoisotopic (exact) mass is 358 g/mol. The van der Waals surface area contributed by atoms with Gasteiger partial charge in [-0.2, -0.15) is 5.26 Å². The zero-order valence-electron chi connectivity index (χ0n) is 15.3. The molecule has 134 valence electrons. The fourth-order valence-corrected chi connectivity index (χ4v) is 3.83. The van der Waals surface area contributed by atoms with Gasteiger partial charge in [-0.3, -0.25) is 4.99 Å². The van der Waals surface area contributed by atoms with E-state index in [1.807, 2.05) is 39.1 Å². The van der Waals surface area contributed by atoms with E-state index in [2.05, 4.69) is 33.8 Å². The Labute approximate surface area is 154 Å². The molecule has 0 amide bonds.